The van der Waals surface area contributed by atoms with Gasteiger partial charge < -0.3 is 10.1 Å². The third kappa shape index (κ3) is 4.81. The SMILES string of the molecule is Cc1cc(-c2ccnc(Nc3cnn(C)c3)n2)ccc1CN1CC(OC(C)C)C1. The summed E-state index contributed by atoms with van der Waals surface area (Å²) in [6.07, 6.45) is 6.09. The van der Waals surface area contributed by atoms with E-state index in [2.05, 4.69) is 64.3 Å². The van der Waals surface area contributed by atoms with Crippen molar-refractivity contribution in [1.29, 1.82) is 0 Å². The van der Waals surface area contributed by atoms with Crippen LogP contribution in [0.3, 0.4) is 0 Å². The maximum Gasteiger partial charge on any atom is 0.227 e. The molecule has 0 amide bonds. The van der Waals surface area contributed by atoms with Gasteiger partial charge in [0, 0.05) is 44.6 Å². The molecule has 1 aliphatic rings. The summed E-state index contributed by atoms with van der Waals surface area (Å²) in [6, 6.07) is 8.48. The van der Waals surface area contributed by atoms with E-state index in [4.69, 9.17) is 4.74 Å². The lowest BCUT2D eigenvalue weighted by Crippen LogP contribution is -2.52. The molecular weight excluding hydrogens is 364 g/mol. The number of aryl methyl sites for hydroxylation is 2. The largest absolute Gasteiger partial charge is 0.373 e. The maximum absolute atomic E-state index is 5.85. The summed E-state index contributed by atoms with van der Waals surface area (Å²) in [5, 5.41) is 7.35. The van der Waals surface area contributed by atoms with Gasteiger partial charge >= 0.3 is 0 Å². The number of nitrogens with one attached hydrogen (secondary N) is 1. The molecule has 152 valence electrons. The van der Waals surface area contributed by atoms with E-state index in [9.17, 15) is 0 Å². The molecule has 0 atom stereocenters. The zero-order valence-corrected chi connectivity index (χ0v) is 17.5. The Bertz CT molecular complexity index is 977. The Morgan fingerprint density at radius 1 is 1.24 bits per heavy atom. The number of aromatic nitrogens is 4. The average molecular weight is 393 g/mol. The first kappa shape index (κ1) is 19.5. The van der Waals surface area contributed by atoms with Gasteiger partial charge in [-0.25, -0.2) is 9.97 Å². The van der Waals surface area contributed by atoms with Crippen LogP contribution in [0, 0.1) is 6.92 Å². The van der Waals surface area contributed by atoms with Crippen LogP contribution in [-0.4, -0.2) is 49.9 Å². The van der Waals surface area contributed by atoms with Crippen molar-refractivity contribution in [3.63, 3.8) is 0 Å². The first-order valence-electron chi connectivity index (χ1n) is 10.0. The summed E-state index contributed by atoms with van der Waals surface area (Å²) in [6.45, 7) is 9.33. The molecule has 1 saturated heterocycles. The van der Waals surface area contributed by atoms with Gasteiger partial charge in [-0.15, -0.1) is 0 Å². The van der Waals surface area contributed by atoms with Gasteiger partial charge in [0.15, 0.2) is 0 Å². The highest BCUT2D eigenvalue weighted by molar-refractivity contribution is 5.63. The van der Waals surface area contributed by atoms with Crippen molar-refractivity contribution in [1.82, 2.24) is 24.6 Å². The van der Waals surface area contributed by atoms with Crippen LogP contribution in [0.2, 0.25) is 0 Å². The van der Waals surface area contributed by atoms with Gasteiger partial charge in [-0.3, -0.25) is 9.58 Å². The monoisotopic (exact) mass is 392 g/mol. The summed E-state index contributed by atoms with van der Waals surface area (Å²) in [4.78, 5) is 11.4. The maximum atomic E-state index is 5.85. The number of likely N-dealkylation sites (tertiary alicyclic amines) is 1. The zero-order valence-electron chi connectivity index (χ0n) is 17.5. The molecule has 29 heavy (non-hydrogen) atoms. The molecule has 1 N–H and O–H groups in total. The highest BCUT2D eigenvalue weighted by Gasteiger charge is 2.28. The molecule has 0 bridgehead atoms. The van der Waals surface area contributed by atoms with Crippen LogP contribution in [0.5, 0.6) is 0 Å². The van der Waals surface area contributed by atoms with E-state index >= 15 is 0 Å². The minimum absolute atomic E-state index is 0.300. The first-order valence-corrected chi connectivity index (χ1v) is 10.0. The lowest BCUT2D eigenvalue weighted by Gasteiger charge is -2.40. The molecule has 7 nitrogen and oxygen atoms in total. The smallest absolute Gasteiger partial charge is 0.227 e. The molecule has 0 radical (unpaired) electrons. The van der Waals surface area contributed by atoms with Gasteiger partial charge in [-0.05, 0) is 44.0 Å². The van der Waals surface area contributed by atoms with Crippen molar-refractivity contribution >= 4 is 11.6 Å². The highest BCUT2D eigenvalue weighted by atomic mass is 16.5. The van der Waals surface area contributed by atoms with Crippen molar-refractivity contribution in [2.45, 2.75) is 39.5 Å². The number of nitrogens with zero attached hydrogens (tertiary/aromatic N) is 5. The summed E-state index contributed by atoms with van der Waals surface area (Å²) < 4.78 is 7.59. The molecule has 7 heteroatoms. The molecule has 3 heterocycles. The predicted molar refractivity (Wildman–Crippen MR) is 114 cm³/mol. The Hall–Kier alpha value is -2.77. The Morgan fingerprint density at radius 3 is 2.76 bits per heavy atom. The van der Waals surface area contributed by atoms with Crippen LogP contribution in [0.15, 0.2) is 42.9 Å². The molecule has 3 aromatic rings. The molecule has 2 aromatic heterocycles. The van der Waals surface area contributed by atoms with Gasteiger partial charge in [0.1, 0.15) is 0 Å². The molecule has 1 aliphatic heterocycles. The van der Waals surface area contributed by atoms with E-state index in [1.54, 1.807) is 17.1 Å². The first-order chi connectivity index (χ1) is 14.0. The lowest BCUT2D eigenvalue weighted by molar-refractivity contribution is -0.0834. The quantitative estimate of drug-likeness (QED) is 0.663. The number of rotatable bonds is 7. The molecule has 1 aromatic carbocycles. The molecule has 0 spiro atoms. The molecule has 0 saturated carbocycles. The third-order valence-corrected chi connectivity index (χ3v) is 5.04. The average Bonchev–Trinajstić information content (AvgIpc) is 3.06. The van der Waals surface area contributed by atoms with E-state index in [1.807, 2.05) is 19.3 Å². The fourth-order valence-corrected chi connectivity index (χ4v) is 3.59. The van der Waals surface area contributed by atoms with Crippen molar-refractivity contribution in [3.8, 4) is 11.3 Å². The van der Waals surface area contributed by atoms with Crippen molar-refractivity contribution in [3.05, 3.63) is 54.0 Å². The van der Waals surface area contributed by atoms with Crippen LogP contribution in [0.25, 0.3) is 11.3 Å². The third-order valence-electron chi connectivity index (χ3n) is 5.04. The number of anilines is 2. The molecule has 0 unspecified atom stereocenters. The highest BCUT2D eigenvalue weighted by Crippen LogP contribution is 2.24. The number of benzene rings is 1. The fraction of sp³-hybridized carbons (Fsp3) is 0.409. The molecule has 1 fully saturated rings. The Balaban J connectivity index is 1.42. The Labute approximate surface area is 171 Å². The van der Waals surface area contributed by atoms with Crippen molar-refractivity contribution in [2.24, 2.45) is 7.05 Å². The number of hydrogen-bond acceptors (Lipinski definition) is 6. The van der Waals surface area contributed by atoms with E-state index in [0.29, 0.717) is 18.2 Å². The van der Waals surface area contributed by atoms with Crippen molar-refractivity contribution < 1.29 is 4.74 Å². The van der Waals surface area contributed by atoms with E-state index in [-0.39, 0.29) is 0 Å². The number of hydrogen-bond donors (Lipinski definition) is 1. The van der Waals surface area contributed by atoms with Gasteiger partial charge in [0.25, 0.3) is 0 Å². The lowest BCUT2D eigenvalue weighted by atomic mass is 10.0. The van der Waals surface area contributed by atoms with E-state index in [0.717, 1.165) is 36.6 Å². The number of ether oxygens (including phenoxy) is 1. The van der Waals surface area contributed by atoms with Crippen LogP contribution < -0.4 is 5.32 Å². The minimum Gasteiger partial charge on any atom is -0.373 e. The summed E-state index contributed by atoms with van der Waals surface area (Å²) in [5.41, 5.74) is 5.48. The zero-order chi connectivity index (χ0) is 20.4. The normalized spacial score (nSPS) is 14.9. The van der Waals surface area contributed by atoms with E-state index < -0.39 is 0 Å². The minimum atomic E-state index is 0.300. The van der Waals surface area contributed by atoms with Crippen LogP contribution in [-0.2, 0) is 18.3 Å². The van der Waals surface area contributed by atoms with Gasteiger partial charge in [0.2, 0.25) is 5.95 Å². The molecule has 0 aliphatic carbocycles. The summed E-state index contributed by atoms with van der Waals surface area (Å²) >= 11 is 0. The van der Waals surface area contributed by atoms with Gasteiger partial charge in [-0.2, -0.15) is 5.10 Å². The fourth-order valence-electron chi connectivity index (χ4n) is 3.59. The van der Waals surface area contributed by atoms with E-state index in [1.165, 1.54) is 11.1 Å². The van der Waals surface area contributed by atoms with Crippen molar-refractivity contribution in [2.75, 3.05) is 18.4 Å². The molecule has 4 rings (SSSR count). The second-order valence-electron chi connectivity index (χ2n) is 7.94. The Morgan fingerprint density at radius 2 is 2.07 bits per heavy atom. The summed E-state index contributed by atoms with van der Waals surface area (Å²) in [5.74, 6) is 0.564. The topological polar surface area (TPSA) is 68.1 Å². The van der Waals surface area contributed by atoms with Crippen LogP contribution in [0.1, 0.15) is 25.0 Å². The molecular formula is C22H28N6O. The summed E-state index contributed by atoms with van der Waals surface area (Å²) in [7, 11) is 1.88. The van der Waals surface area contributed by atoms with Crippen LogP contribution >= 0.6 is 0 Å². The van der Waals surface area contributed by atoms with Gasteiger partial charge in [-0.1, -0.05) is 12.1 Å². The van der Waals surface area contributed by atoms with Gasteiger partial charge in [0.05, 0.1) is 29.8 Å². The Kier molecular flexibility index (Phi) is 5.60. The second kappa shape index (κ2) is 8.31. The predicted octanol–water partition coefficient (Wildman–Crippen LogP) is 3.54. The standard InChI is InChI=1S/C22H28N6O/c1-15(2)29-20-13-28(14-20)11-18-6-5-17(9-16(18)3)21-7-8-23-22(26-21)25-19-10-24-27(4)12-19/h5-10,12,15,20H,11,13-14H2,1-4H3,(H,23,25,26). The van der Waals surface area contributed by atoms with Crippen LogP contribution in [0.4, 0.5) is 11.6 Å². The second-order valence-corrected chi connectivity index (χ2v) is 7.94.